The standard InChI is InChI=1S/C30H18N4OS2/c1-3-7-19(8-4-1)22-11-13-24(36-22)26-27(21-15-17-31-18-16-21)32-28(30-29(26)33-35-34-30)25-14-12-23(37-25)20-9-5-2-6-10-20/h1-18H. The molecule has 0 saturated heterocycles. The van der Waals surface area contributed by atoms with Crippen LogP contribution in [0.25, 0.3) is 64.2 Å². The number of fused-ring (bicyclic) bond motifs is 1. The second kappa shape index (κ2) is 9.20. The van der Waals surface area contributed by atoms with Crippen LogP contribution in [-0.2, 0) is 0 Å². The van der Waals surface area contributed by atoms with Crippen molar-refractivity contribution in [1.82, 2.24) is 20.3 Å². The maximum atomic E-state index is 5.32. The SMILES string of the molecule is c1ccc(-c2ccc(-c3nc(-c4ccncc4)c(-c4ccc(-c5ccccc5)s4)c4nonc34)s2)cc1. The zero-order valence-corrected chi connectivity index (χ0v) is 21.0. The molecule has 0 bridgehead atoms. The zero-order valence-electron chi connectivity index (χ0n) is 19.4. The van der Waals surface area contributed by atoms with Crippen LogP contribution >= 0.6 is 22.7 Å². The summed E-state index contributed by atoms with van der Waals surface area (Å²) in [6.45, 7) is 0. The average molecular weight is 515 g/mol. The van der Waals surface area contributed by atoms with Crippen molar-refractivity contribution in [3.8, 4) is 53.2 Å². The molecule has 0 aliphatic heterocycles. The topological polar surface area (TPSA) is 64.7 Å². The van der Waals surface area contributed by atoms with Gasteiger partial charge < -0.3 is 0 Å². The summed E-state index contributed by atoms with van der Waals surface area (Å²) in [5.74, 6) is 0. The third-order valence-electron chi connectivity index (χ3n) is 6.17. The molecule has 0 aliphatic rings. The number of rotatable bonds is 5. The molecule has 0 saturated carbocycles. The number of hydrogen-bond acceptors (Lipinski definition) is 7. The van der Waals surface area contributed by atoms with Gasteiger partial charge in [0, 0.05) is 38.2 Å². The summed E-state index contributed by atoms with van der Waals surface area (Å²) in [6.07, 6.45) is 3.57. The second-order valence-electron chi connectivity index (χ2n) is 8.44. The molecule has 0 unspecified atom stereocenters. The van der Waals surface area contributed by atoms with Crippen molar-refractivity contribution < 1.29 is 4.63 Å². The van der Waals surface area contributed by atoms with Gasteiger partial charge in [0.05, 0.1) is 10.6 Å². The maximum Gasteiger partial charge on any atom is 0.163 e. The molecule has 176 valence electrons. The van der Waals surface area contributed by atoms with Gasteiger partial charge in [-0.1, -0.05) is 60.7 Å². The normalized spacial score (nSPS) is 11.2. The molecule has 0 N–H and O–H groups in total. The molecule has 7 heteroatoms. The predicted octanol–water partition coefficient (Wildman–Crippen LogP) is 8.47. The minimum absolute atomic E-state index is 0.656. The van der Waals surface area contributed by atoms with Crippen LogP contribution in [-0.4, -0.2) is 20.3 Å². The molecule has 0 atom stereocenters. The molecule has 0 radical (unpaired) electrons. The first kappa shape index (κ1) is 21.8. The lowest BCUT2D eigenvalue weighted by atomic mass is 10.0. The number of pyridine rings is 2. The Bertz CT molecular complexity index is 1820. The van der Waals surface area contributed by atoms with E-state index in [0.29, 0.717) is 11.0 Å². The third kappa shape index (κ3) is 3.94. The number of benzene rings is 2. The van der Waals surface area contributed by atoms with E-state index in [9.17, 15) is 0 Å². The van der Waals surface area contributed by atoms with Gasteiger partial charge in [-0.3, -0.25) is 4.98 Å². The van der Waals surface area contributed by atoms with Crippen LogP contribution in [0, 0.1) is 0 Å². The molecule has 0 aliphatic carbocycles. The molecule has 5 aromatic heterocycles. The summed E-state index contributed by atoms with van der Waals surface area (Å²) in [5, 5.41) is 8.70. The van der Waals surface area contributed by atoms with Crippen molar-refractivity contribution in [3.05, 3.63) is 109 Å². The second-order valence-corrected chi connectivity index (χ2v) is 10.6. The highest BCUT2D eigenvalue weighted by Gasteiger charge is 2.24. The van der Waals surface area contributed by atoms with E-state index in [1.807, 2.05) is 36.4 Å². The summed E-state index contributed by atoms with van der Waals surface area (Å²) >= 11 is 3.39. The largest absolute Gasteiger partial charge is 0.265 e. The molecule has 5 nitrogen and oxygen atoms in total. The molecular formula is C30H18N4OS2. The van der Waals surface area contributed by atoms with Gasteiger partial charge in [0.15, 0.2) is 5.52 Å². The Balaban J connectivity index is 1.44. The first-order valence-corrected chi connectivity index (χ1v) is 13.4. The van der Waals surface area contributed by atoms with Gasteiger partial charge in [-0.05, 0) is 57.8 Å². The number of hydrogen-bond donors (Lipinski definition) is 0. The summed E-state index contributed by atoms with van der Waals surface area (Å²) in [5.41, 5.74) is 7.18. The van der Waals surface area contributed by atoms with E-state index in [1.165, 1.54) is 20.9 Å². The summed E-state index contributed by atoms with van der Waals surface area (Å²) in [7, 11) is 0. The highest BCUT2D eigenvalue weighted by molar-refractivity contribution is 7.19. The maximum absolute atomic E-state index is 5.32. The van der Waals surface area contributed by atoms with E-state index in [-0.39, 0.29) is 0 Å². The third-order valence-corrected chi connectivity index (χ3v) is 8.47. The Hall–Kier alpha value is -4.46. The Morgan fingerprint density at radius 3 is 1.73 bits per heavy atom. The molecule has 0 fully saturated rings. The van der Waals surface area contributed by atoms with Crippen LogP contribution in [0.4, 0.5) is 0 Å². The Morgan fingerprint density at radius 1 is 0.486 bits per heavy atom. The van der Waals surface area contributed by atoms with E-state index in [2.05, 4.69) is 76.0 Å². The number of nitrogens with zero attached hydrogens (tertiary/aromatic N) is 4. The van der Waals surface area contributed by atoms with Crippen LogP contribution in [0.3, 0.4) is 0 Å². The van der Waals surface area contributed by atoms with Crippen LogP contribution in [0.2, 0.25) is 0 Å². The first-order valence-electron chi connectivity index (χ1n) is 11.7. The molecule has 7 rings (SSSR count). The smallest absolute Gasteiger partial charge is 0.163 e. The summed E-state index contributed by atoms with van der Waals surface area (Å²) < 4.78 is 5.32. The minimum Gasteiger partial charge on any atom is -0.265 e. The lowest BCUT2D eigenvalue weighted by molar-refractivity contribution is 0.315. The van der Waals surface area contributed by atoms with Crippen molar-refractivity contribution in [2.45, 2.75) is 0 Å². The Labute approximate surface area is 220 Å². The monoisotopic (exact) mass is 514 g/mol. The fraction of sp³-hybridized carbons (Fsp3) is 0. The van der Waals surface area contributed by atoms with E-state index in [4.69, 9.17) is 9.61 Å². The van der Waals surface area contributed by atoms with Gasteiger partial charge in [0.2, 0.25) is 0 Å². The molecule has 2 aromatic carbocycles. The minimum atomic E-state index is 0.656. The van der Waals surface area contributed by atoms with Crippen molar-refractivity contribution in [2.75, 3.05) is 0 Å². The van der Waals surface area contributed by atoms with Crippen LogP contribution in [0.15, 0.2) is 114 Å². The van der Waals surface area contributed by atoms with Gasteiger partial charge in [-0.25, -0.2) is 9.61 Å². The highest BCUT2D eigenvalue weighted by atomic mass is 32.1. The van der Waals surface area contributed by atoms with E-state index < -0.39 is 0 Å². The fourth-order valence-corrected chi connectivity index (χ4v) is 6.48. The van der Waals surface area contributed by atoms with Gasteiger partial charge in [0.1, 0.15) is 11.2 Å². The molecular weight excluding hydrogens is 496 g/mol. The molecule has 0 spiro atoms. The lowest BCUT2D eigenvalue weighted by Crippen LogP contribution is -1.94. The van der Waals surface area contributed by atoms with Gasteiger partial charge in [-0.15, -0.1) is 22.7 Å². The lowest BCUT2D eigenvalue weighted by Gasteiger charge is -2.10. The first-order chi connectivity index (χ1) is 18.3. The van der Waals surface area contributed by atoms with Crippen molar-refractivity contribution in [3.63, 3.8) is 0 Å². The molecule has 5 heterocycles. The zero-order chi connectivity index (χ0) is 24.6. The molecule has 7 aromatic rings. The van der Waals surface area contributed by atoms with E-state index in [0.717, 1.165) is 32.3 Å². The van der Waals surface area contributed by atoms with Crippen molar-refractivity contribution in [1.29, 1.82) is 0 Å². The van der Waals surface area contributed by atoms with Gasteiger partial charge in [-0.2, -0.15) is 0 Å². The number of aromatic nitrogens is 4. The molecule has 37 heavy (non-hydrogen) atoms. The predicted molar refractivity (Wildman–Crippen MR) is 150 cm³/mol. The van der Waals surface area contributed by atoms with Crippen LogP contribution in [0.5, 0.6) is 0 Å². The van der Waals surface area contributed by atoms with E-state index >= 15 is 0 Å². The van der Waals surface area contributed by atoms with Crippen molar-refractivity contribution in [2.24, 2.45) is 0 Å². The highest BCUT2D eigenvalue weighted by Crippen LogP contribution is 2.45. The molecule has 0 amide bonds. The number of thiophene rings is 2. The van der Waals surface area contributed by atoms with Crippen LogP contribution < -0.4 is 0 Å². The van der Waals surface area contributed by atoms with Gasteiger partial charge in [0.25, 0.3) is 0 Å². The van der Waals surface area contributed by atoms with E-state index in [1.54, 1.807) is 35.1 Å². The van der Waals surface area contributed by atoms with Crippen molar-refractivity contribution >= 4 is 33.7 Å². The quantitative estimate of drug-likeness (QED) is 0.230. The fourth-order valence-electron chi connectivity index (χ4n) is 4.42. The Morgan fingerprint density at radius 2 is 1.05 bits per heavy atom. The Kier molecular flexibility index (Phi) is 5.42. The van der Waals surface area contributed by atoms with Crippen LogP contribution in [0.1, 0.15) is 0 Å². The summed E-state index contributed by atoms with van der Waals surface area (Å²) in [4.78, 5) is 13.8. The summed E-state index contributed by atoms with van der Waals surface area (Å²) in [6, 6.07) is 33.2. The van der Waals surface area contributed by atoms with Gasteiger partial charge >= 0.3 is 0 Å². The average Bonchev–Trinajstić information content (AvgIpc) is 3.75.